The number of H-pyrrole nitrogens is 1. The highest BCUT2D eigenvalue weighted by Crippen LogP contribution is 2.34. The molecular weight excluding hydrogens is 480 g/mol. The Morgan fingerprint density at radius 2 is 2.17 bits per heavy atom. The molecular formula is C26H31ClN6O3. The Bertz CT molecular complexity index is 1270. The van der Waals surface area contributed by atoms with Gasteiger partial charge < -0.3 is 29.6 Å². The van der Waals surface area contributed by atoms with Gasteiger partial charge in [-0.05, 0) is 41.7 Å². The zero-order valence-electron chi connectivity index (χ0n) is 20.4. The summed E-state index contributed by atoms with van der Waals surface area (Å²) in [5, 5.41) is 4.16. The number of amides is 2. The highest BCUT2D eigenvalue weighted by molar-refractivity contribution is 6.34. The lowest BCUT2D eigenvalue weighted by molar-refractivity contribution is -0.0209. The molecule has 0 spiro atoms. The second kappa shape index (κ2) is 9.97. The van der Waals surface area contributed by atoms with Gasteiger partial charge in [0, 0.05) is 44.5 Å². The fourth-order valence-electron chi connectivity index (χ4n) is 5.43. The summed E-state index contributed by atoms with van der Waals surface area (Å²) in [5.41, 5.74) is 6.73. The van der Waals surface area contributed by atoms with Crippen molar-refractivity contribution >= 4 is 28.8 Å². The van der Waals surface area contributed by atoms with Gasteiger partial charge in [0.25, 0.3) is 0 Å². The molecule has 3 aliphatic heterocycles. The number of hydrogen-bond acceptors (Lipinski definition) is 6. The summed E-state index contributed by atoms with van der Waals surface area (Å²) < 4.78 is 11.6. The van der Waals surface area contributed by atoms with Crippen molar-refractivity contribution in [1.82, 2.24) is 30.1 Å². The maximum atomic E-state index is 13.5. The van der Waals surface area contributed by atoms with Crippen LogP contribution in [-0.2, 0) is 22.4 Å². The van der Waals surface area contributed by atoms with Gasteiger partial charge in [0.15, 0.2) is 5.65 Å². The zero-order chi connectivity index (χ0) is 24.6. The number of rotatable bonds is 3. The van der Waals surface area contributed by atoms with E-state index in [9.17, 15) is 4.79 Å². The summed E-state index contributed by atoms with van der Waals surface area (Å²) in [6.07, 6.45) is 5.31. The Morgan fingerprint density at radius 3 is 3.00 bits per heavy atom. The zero-order valence-corrected chi connectivity index (χ0v) is 21.2. The molecule has 9 nitrogen and oxygen atoms in total. The third kappa shape index (κ3) is 4.45. The van der Waals surface area contributed by atoms with Crippen LogP contribution in [0.3, 0.4) is 0 Å². The van der Waals surface area contributed by atoms with Gasteiger partial charge in [-0.2, -0.15) is 0 Å². The number of nitrogens with zero attached hydrogens (tertiary/aromatic N) is 4. The van der Waals surface area contributed by atoms with Crippen molar-refractivity contribution in [3.63, 3.8) is 0 Å². The quantitative estimate of drug-likeness (QED) is 0.559. The van der Waals surface area contributed by atoms with Crippen LogP contribution in [-0.4, -0.2) is 82.9 Å². The number of carbonyl (C=O) groups is 1. The van der Waals surface area contributed by atoms with E-state index in [1.54, 1.807) is 12.4 Å². The molecule has 0 saturated carbocycles. The largest absolute Gasteiger partial charge is 0.378 e. The minimum atomic E-state index is 0.0582. The van der Waals surface area contributed by atoms with Crippen molar-refractivity contribution < 1.29 is 14.3 Å². The van der Waals surface area contributed by atoms with Crippen LogP contribution < -0.4 is 5.32 Å². The molecule has 2 aromatic heterocycles. The Balaban J connectivity index is 1.34. The molecule has 6 rings (SSSR count). The first kappa shape index (κ1) is 23.7. The molecule has 0 radical (unpaired) electrons. The van der Waals surface area contributed by atoms with Crippen molar-refractivity contribution in [2.24, 2.45) is 0 Å². The SMILES string of the molecule is CC[C@@H]1CN(C(=O)N2CCc3cc(-c4cnc5[nH]cc(Cl)c5n4)cc([C@@H]4COCCN4)c3C2)CCO1. The second-order valence-corrected chi connectivity index (χ2v) is 10.1. The van der Waals surface area contributed by atoms with Gasteiger partial charge in [0.05, 0.1) is 48.9 Å². The molecule has 36 heavy (non-hydrogen) atoms. The molecule has 0 bridgehead atoms. The van der Waals surface area contributed by atoms with Gasteiger partial charge in [0.1, 0.15) is 5.52 Å². The van der Waals surface area contributed by atoms with E-state index in [-0.39, 0.29) is 18.2 Å². The lowest BCUT2D eigenvalue weighted by Gasteiger charge is -2.39. The molecule has 0 aliphatic carbocycles. The van der Waals surface area contributed by atoms with Gasteiger partial charge in [-0.1, -0.05) is 18.5 Å². The minimum absolute atomic E-state index is 0.0582. The summed E-state index contributed by atoms with van der Waals surface area (Å²) >= 11 is 6.32. The van der Waals surface area contributed by atoms with Crippen molar-refractivity contribution in [3.05, 3.63) is 46.2 Å². The number of morpholine rings is 2. The Hall–Kier alpha value is -2.72. The molecule has 2 amide bonds. The Labute approximate surface area is 215 Å². The van der Waals surface area contributed by atoms with Crippen LogP contribution in [0.2, 0.25) is 5.02 Å². The average molecular weight is 511 g/mol. The summed E-state index contributed by atoms with van der Waals surface area (Å²) in [4.78, 5) is 29.8. The van der Waals surface area contributed by atoms with Crippen molar-refractivity contribution in [3.8, 4) is 11.3 Å². The normalized spacial score (nSPS) is 22.6. The van der Waals surface area contributed by atoms with E-state index in [1.165, 1.54) is 11.1 Å². The van der Waals surface area contributed by atoms with Crippen LogP contribution in [0.25, 0.3) is 22.4 Å². The van der Waals surface area contributed by atoms with E-state index in [4.69, 9.17) is 26.1 Å². The van der Waals surface area contributed by atoms with Crippen LogP contribution in [0.5, 0.6) is 0 Å². The Morgan fingerprint density at radius 1 is 1.25 bits per heavy atom. The van der Waals surface area contributed by atoms with Crippen LogP contribution in [0.15, 0.2) is 24.5 Å². The molecule has 2 saturated heterocycles. The number of halogens is 1. The molecule has 2 fully saturated rings. The number of aromatic nitrogens is 3. The lowest BCUT2D eigenvalue weighted by Crippen LogP contribution is -2.52. The molecule has 3 aromatic rings. The van der Waals surface area contributed by atoms with E-state index in [2.05, 4.69) is 34.3 Å². The fraction of sp³-hybridized carbons (Fsp3) is 0.500. The predicted octanol–water partition coefficient (Wildman–Crippen LogP) is 3.53. The van der Waals surface area contributed by atoms with E-state index >= 15 is 0 Å². The van der Waals surface area contributed by atoms with Crippen molar-refractivity contribution in [1.29, 1.82) is 0 Å². The Kier molecular flexibility index (Phi) is 6.55. The van der Waals surface area contributed by atoms with Gasteiger partial charge in [0.2, 0.25) is 0 Å². The van der Waals surface area contributed by atoms with E-state index in [0.717, 1.165) is 36.2 Å². The third-order valence-electron chi connectivity index (χ3n) is 7.44. The number of carbonyl (C=O) groups excluding carboxylic acids is 1. The summed E-state index contributed by atoms with van der Waals surface area (Å²) in [5.74, 6) is 0. The number of nitrogens with one attached hydrogen (secondary N) is 2. The molecule has 2 atom stereocenters. The average Bonchev–Trinajstić information content (AvgIpc) is 3.32. The van der Waals surface area contributed by atoms with Crippen molar-refractivity contribution in [2.45, 2.75) is 38.5 Å². The standard InChI is InChI=1S/C26H31ClN6O3/c1-2-18-13-33(6-8-36-18)26(34)32-5-3-16-9-17(22-12-30-25-24(31-22)21(27)11-29-25)10-19(20(16)14-32)23-15-35-7-4-28-23/h9-12,18,23,28H,2-8,13-15H2,1H3,(H,29,30)/t18-,23+/m1/s1. The van der Waals surface area contributed by atoms with Gasteiger partial charge >= 0.3 is 6.03 Å². The molecule has 2 N–H and O–H groups in total. The molecule has 0 unspecified atom stereocenters. The van der Waals surface area contributed by atoms with E-state index in [1.807, 2.05) is 9.80 Å². The van der Waals surface area contributed by atoms with Crippen LogP contribution in [0, 0.1) is 0 Å². The summed E-state index contributed by atoms with van der Waals surface area (Å²) in [6, 6.07) is 4.53. The summed E-state index contributed by atoms with van der Waals surface area (Å²) in [6.45, 7) is 7.37. The highest BCUT2D eigenvalue weighted by atomic mass is 35.5. The maximum Gasteiger partial charge on any atom is 0.320 e. The number of ether oxygens (including phenoxy) is 2. The molecule has 5 heterocycles. The number of urea groups is 1. The number of aromatic amines is 1. The lowest BCUT2D eigenvalue weighted by atomic mass is 9.88. The minimum Gasteiger partial charge on any atom is -0.378 e. The van der Waals surface area contributed by atoms with E-state index in [0.29, 0.717) is 62.2 Å². The molecule has 1 aromatic carbocycles. The number of hydrogen-bond donors (Lipinski definition) is 2. The van der Waals surface area contributed by atoms with Gasteiger partial charge in [-0.15, -0.1) is 0 Å². The van der Waals surface area contributed by atoms with Crippen LogP contribution in [0.4, 0.5) is 4.79 Å². The van der Waals surface area contributed by atoms with Crippen LogP contribution >= 0.6 is 11.6 Å². The molecule has 190 valence electrons. The maximum absolute atomic E-state index is 13.5. The molecule has 3 aliphatic rings. The van der Waals surface area contributed by atoms with Gasteiger partial charge in [-0.25, -0.2) is 14.8 Å². The van der Waals surface area contributed by atoms with Crippen molar-refractivity contribution in [2.75, 3.05) is 46.0 Å². The monoisotopic (exact) mass is 510 g/mol. The number of fused-ring (bicyclic) bond motifs is 2. The smallest absolute Gasteiger partial charge is 0.320 e. The highest BCUT2D eigenvalue weighted by Gasteiger charge is 2.32. The predicted molar refractivity (Wildman–Crippen MR) is 137 cm³/mol. The summed E-state index contributed by atoms with van der Waals surface area (Å²) in [7, 11) is 0. The topological polar surface area (TPSA) is 95.6 Å². The van der Waals surface area contributed by atoms with E-state index < -0.39 is 0 Å². The molecule has 10 heteroatoms. The number of benzene rings is 1. The van der Waals surface area contributed by atoms with Gasteiger partial charge in [-0.3, -0.25) is 0 Å². The first-order chi connectivity index (χ1) is 17.6. The fourth-order valence-corrected chi connectivity index (χ4v) is 5.61. The first-order valence-corrected chi connectivity index (χ1v) is 13.1. The second-order valence-electron chi connectivity index (χ2n) is 9.68. The third-order valence-corrected chi connectivity index (χ3v) is 7.73. The van der Waals surface area contributed by atoms with Crippen LogP contribution in [0.1, 0.15) is 36.1 Å². The first-order valence-electron chi connectivity index (χ1n) is 12.7.